The fourth-order valence-corrected chi connectivity index (χ4v) is 5.17. The lowest BCUT2D eigenvalue weighted by atomic mass is 9.97. The van der Waals surface area contributed by atoms with Crippen LogP contribution in [-0.4, -0.2) is 59.3 Å². The summed E-state index contributed by atoms with van der Waals surface area (Å²) < 4.78 is 0. The molecule has 0 unspecified atom stereocenters. The third-order valence-corrected chi connectivity index (χ3v) is 6.49. The average Bonchev–Trinajstić information content (AvgIpc) is 3.01. The smallest absolute Gasteiger partial charge is 0.141 e. The molecule has 2 aliphatic rings. The van der Waals surface area contributed by atoms with Crippen LogP contribution in [0, 0.1) is 0 Å². The highest BCUT2D eigenvalue weighted by Gasteiger charge is 2.24. The number of fused-ring (bicyclic) bond motifs is 3. The Labute approximate surface area is 147 Å². The molecule has 1 N–H and O–H groups in total. The first-order valence-corrected chi connectivity index (χ1v) is 10.0. The molecular formula is C18H26N4OS. The molecule has 6 heteroatoms. The standard InChI is InChI=1S/C18H26N4OS/c23-12-4-3-7-21-8-10-22(11-9-21)17-16-14-5-1-2-6-15(14)24-18(16)20-13-19-17/h13,23H,1-12H2. The van der Waals surface area contributed by atoms with Gasteiger partial charge in [0, 0.05) is 37.7 Å². The molecule has 0 amide bonds. The molecule has 3 heterocycles. The van der Waals surface area contributed by atoms with Crippen LogP contribution in [0.15, 0.2) is 6.33 Å². The van der Waals surface area contributed by atoms with Crippen LogP contribution in [-0.2, 0) is 12.8 Å². The van der Waals surface area contributed by atoms with E-state index in [1.807, 2.05) is 11.3 Å². The summed E-state index contributed by atoms with van der Waals surface area (Å²) in [6.45, 7) is 5.65. The van der Waals surface area contributed by atoms with Crippen molar-refractivity contribution >= 4 is 27.4 Å². The molecule has 2 aromatic heterocycles. The Morgan fingerprint density at radius 1 is 1.04 bits per heavy atom. The molecule has 4 rings (SSSR count). The number of hydrogen-bond donors (Lipinski definition) is 1. The summed E-state index contributed by atoms with van der Waals surface area (Å²) in [4.78, 5) is 16.9. The van der Waals surface area contributed by atoms with Gasteiger partial charge in [0.05, 0.1) is 5.39 Å². The van der Waals surface area contributed by atoms with E-state index in [9.17, 15) is 0 Å². The van der Waals surface area contributed by atoms with Crippen molar-refractivity contribution in [2.75, 3.05) is 44.2 Å². The molecule has 5 nitrogen and oxygen atoms in total. The SMILES string of the molecule is OCCCCN1CCN(c2ncnc3sc4c(c23)CCCC4)CC1. The second-order valence-electron chi connectivity index (χ2n) is 6.85. The topological polar surface area (TPSA) is 52.5 Å². The van der Waals surface area contributed by atoms with Crippen LogP contribution in [0.1, 0.15) is 36.1 Å². The van der Waals surface area contributed by atoms with E-state index >= 15 is 0 Å². The quantitative estimate of drug-likeness (QED) is 0.843. The highest BCUT2D eigenvalue weighted by atomic mass is 32.1. The van der Waals surface area contributed by atoms with Crippen molar-refractivity contribution in [1.29, 1.82) is 0 Å². The molecule has 0 atom stereocenters. The summed E-state index contributed by atoms with van der Waals surface area (Å²) in [5, 5.41) is 10.3. The highest BCUT2D eigenvalue weighted by Crippen LogP contribution is 2.39. The lowest BCUT2D eigenvalue weighted by molar-refractivity contribution is 0.232. The van der Waals surface area contributed by atoms with Gasteiger partial charge in [-0.1, -0.05) is 0 Å². The van der Waals surface area contributed by atoms with Gasteiger partial charge in [-0.15, -0.1) is 11.3 Å². The van der Waals surface area contributed by atoms with E-state index in [-0.39, 0.29) is 0 Å². The summed E-state index contributed by atoms with van der Waals surface area (Å²) in [5.41, 5.74) is 1.53. The summed E-state index contributed by atoms with van der Waals surface area (Å²) in [5.74, 6) is 1.16. The van der Waals surface area contributed by atoms with Gasteiger partial charge in [0.2, 0.25) is 0 Å². The first-order chi connectivity index (χ1) is 11.9. The van der Waals surface area contributed by atoms with E-state index in [1.54, 1.807) is 11.2 Å². The van der Waals surface area contributed by atoms with Crippen molar-refractivity contribution in [2.45, 2.75) is 38.5 Å². The van der Waals surface area contributed by atoms with Crippen molar-refractivity contribution in [3.05, 3.63) is 16.8 Å². The van der Waals surface area contributed by atoms with Crippen molar-refractivity contribution < 1.29 is 5.11 Å². The monoisotopic (exact) mass is 346 g/mol. The van der Waals surface area contributed by atoms with Crippen LogP contribution in [0.2, 0.25) is 0 Å². The number of piperazine rings is 1. The lowest BCUT2D eigenvalue weighted by Crippen LogP contribution is -2.47. The lowest BCUT2D eigenvalue weighted by Gasteiger charge is -2.35. The summed E-state index contributed by atoms with van der Waals surface area (Å²) in [6.07, 6.45) is 8.76. The molecule has 0 spiro atoms. The minimum atomic E-state index is 0.308. The minimum Gasteiger partial charge on any atom is -0.396 e. The summed E-state index contributed by atoms with van der Waals surface area (Å²) >= 11 is 1.88. The zero-order chi connectivity index (χ0) is 16.4. The van der Waals surface area contributed by atoms with Gasteiger partial charge in [-0.3, -0.25) is 4.90 Å². The number of nitrogens with zero attached hydrogens (tertiary/aromatic N) is 4. The molecule has 0 aromatic carbocycles. The molecule has 0 radical (unpaired) electrons. The normalized spacial score (nSPS) is 19.0. The van der Waals surface area contributed by atoms with Crippen LogP contribution in [0.4, 0.5) is 5.82 Å². The summed E-state index contributed by atoms with van der Waals surface area (Å²) in [7, 11) is 0. The highest BCUT2D eigenvalue weighted by molar-refractivity contribution is 7.19. The predicted octanol–water partition coefficient (Wildman–Crippen LogP) is 2.46. The number of aliphatic hydroxyl groups excluding tert-OH is 1. The molecule has 24 heavy (non-hydrogen) atoms. The van der Waals surface area contributed by atoms with Gasteiger partial charge in [-0.2, -0.15) is 0 Å². The maximum atomic E-state index is 8.92. The maximum absolute atomic E-state index is 8.92. The Bertz CT molecular complexity index is 694. The molecule has 130 valence electrons. The molecular weight excluding hydrogens is 320 g/mol. The van der Waals surface area contributed by atoms with Crippen LogP contribution < -0.4 is 4.90 Å². The van der Waals surface area contributed by atoms with Crippen molar-refractivity contribution in [3.63, 3.8) is 0 Å². The number of thiophene rings is 1. The first-order valence-electron chi connectivity index (χ1n) is 9.20. The number of unbranched alkanes of at least 4 members (excludes halogenated alkanes) is 1. The van der Waals surface area contributed by atoms with Gasteiger partial charge in [0.15, 0.2) is 0 Å². The van der Waals surface area contributed by atoms with E-state index in [1.165, 1.54) is 41.5 Å². The zero-order valence-electron chi connectivity index (χ0n) is 14.2. The molecule has 0 saturated carbocycles. The maximum Gasteiger partial charge on any atom is 0.141 e. The van der Waals surface area contributed by atoms with E-state index in [0.29, 0.717) is 6.61 Å². The van der Waals surface area contributed by atoms with Gasteiger partial charge in [0.1, 0.15) is 17.0 Å². The van der Waals surface area contributed by atoms with Gasteiger partial charge in [0.25, 0.3) is 0 Å². The number of anilines is 1. The third kappa shape index (κ3) is 3.15. The average molecular weight is 347 g/mol. The fraction of sp³-hybridized carbons (Fsp3) is 0.667. The Hall–Kier alpha value is -1.24. The number of rotatable bonds is 5. The minimum absolute atomic E-state index is 0.308. The van der Waals surface area contributed by atoms with Crippen LogP contribution >= 0.6 is 11.3 Å². The van der Waals surface area contributed by atoms with Crippen LogP contribution in [0.3, 0.4) is 0 Å². The Morgan fingerprint density at radius 3 is 2.71 bits per heavy atom. The van der Waals surface area contributed by atoms with Gasteiger partial charge < -0.3 is 10.0 Å². The predicted molar refractivity (Wildman–Crippen MR) is 99.0 cm³/mol. The molecule has 1 saturated heterocycles. The second kappa shape index (κ2) is 7.33. The van der Waals surface area contributed by atoms with E-state index in [2.05, 4.69) is 19.8 Å². The molecule has 2 aromatic rings. The Morgan fingerprint density at radius 2 is 1.88 bits per heavy atom. The van der Waals surface area contributed by atoms with E-state index < -0.39 is 0 Å². The number of aromatic nitrogens is 2. The number of aliphatic hydroxyl groups is 1. The summed E-state index contributed by atoms with van der Waals surface area (Å²) in [6, 6.07) is 0. The number of hydrogen-bond acceptors (Lipinski definition) is 6. The molecule has 1 aliphatic heterocycles. The zero-order valence-corrected chi connectivity index (χ0v) is 15.0. The molecule has 1 aliphatic carbocycles. The van der Waals surface area contributed by atoms with Crippen molar-refractivity contribution in [3.8, 4) is 0 Å². The first kappa shape index (κ1) is 16.2. The van der Waals surface area contributed by atoms with E-state index in [0.717, 1.165) is 51.4 Å². The third-order valence-electron chi connectivity index (χ3n) is 5.29. The number of aryl methyl sites for hydroxylation is 2. The van der Waals surface area contributed by atoms with Crippen molar-refractivity contribution in [1.82, 2.24) is 14.9 Å². The van der Waals surface area contributed by atoms with Crippen molar-refractivity contribution in [2.24, 2.45) is 0 Å². The Kier molecular flexibility index (Phi) is 4.96. The van der Waals surface area contributed by atoms with Gasteiger partial charge in [-0.25, -0.2) is 9.97 Å². The Balaban J connectivity index is 1.52. The second-order valence-corrected chi connectivity index (χ2v) is 7.93. The molecule has 1 fully saturated rings. The van der Waals surface area contributed by atoms with Crippen LogP contribution in [0.5, 0.6) is 0 Å². The van der Waals surface area contributed by atoms with Gasteiger partial charge in [-0.05, 0) is 50.6 Å². The fourth-order valence-electron chi connectivity index (χ4n) is 3.94. The largest absolute Gasteiger partial charge is 0.396 e. The van der Waals surface area contributed by atoms with Crippen LogP contribution in [0.25, 0.3) is 10.2 Å². The van der Waals surface area contributed by atoms with E-state index in [4.69, 9.17) is 5.11 Å². The molecule has 0 bridgehead atoms. The van der Waals surface area contributed by atoms with Gasteiger partial charge >= 0.3 is 0 Å².